The first-order valence-electron chi connectivity index (χ1n) is 8.08. The van der Waals surface area contributed by atoms with Crippen LogP contribution in [-0.2, 0) is 0 Å². The number of benzene rings is 2. The van der Waals surface area contributed by atoms with Crippen LogP contribution in [0, 0.1) is 0 Å². The van der Waals surface area contributed by atoms with E-state index in [0.29, 0.717) is 5.92 Å². The highest BCUT2D eigenvalue weighted by molar-refractivity contribution is 5.35. The maximum atomic E-state index is 5.91. The molecule has 0 aliphatic carbocycles. The van der Waals surface area contributed by atoms with Gasteiger partial charge in [0.15, 0.2) is 11.9 Å². The third-order valence-corrected chi connectivity index (χ3v) is 3.65. The van der Waals surface area contributed by atoms with Gasteiger partial charge in [-0.05, 0) is 49.2 Å². The normalized spacial score (nSPS) is 12.2. The van der Waals surface area contributed by atoms with Gasteiger partial charge in [0.05, 0.1) is 5.69 Å². The minimum atomic E-state index is -0.203. The van der Waals surface area contributed by atoms with Crippen LogP contribution in [0.5, 0.6) is 17.2 Å². The molecule has 4 heteroatoms. The predicted molar refractivity (Wildman–Crippen MR) is 92.6 cm³/mol. The van der Waals surface area contributed by atoms with Gasteiger partial charge in [0.1, 0.15) is 17.2 Å². The Balaban J connectivity index is 1.63. The molecule has 124 valence electrons. The summed E-state index contributed by atoms with van der Waals surface area (Å²) in [5.74, 6) is 3.39. The third-order valence-electron chi connectivity index (χ3n) is 3.65. The van der Waals surface area contributed by atoms with Crippen molar-refractivity contribution < 1.29 is 14.0 Å². The van der Waals surface area contributed by atoms with E-state index in [1.807, 2.05) is 67.6 Å². The van der Waals surface area contributed by atoms with Crippen molar-refractivity contribution in [2.75, 3.05) is 0 Å². The molecule has 0 N–H and O–H groups in total. The first kappa shape index (κ1) is 16.1. The fourth-order valence-electron chi connectivity index (χ4n) is 2.24. The molecule has 0 bridgehead atoms. The molecule has 3 rings (SSSR count). The summed E-state index contributed by atoms with van der Waals surface area (Å²) in [4.78, 5) is 0. The molecule has 4 nitrogen and oxygen atoms in total. The third kappa shape index (κ3) is 3.96. The molecule has 0 aliphatic rings. The van der Waals surface area contributed by atoms with Gasteiger partial charge in [-0.15, -0.1) is 0 Å². The minimum absolute atomic E-state index is 0.203. The van der Waals surface area contributed by atoms with Crippen LogP contribution in [0.3, 0.4) is 0 Å². The van der Waals surface area contributed by atoms with E-state index in [1.54, 1.807) is 0 Å². The van der Waals surface area contributed by atoms with Crippen molar-refractivity contribution in [1.82, 2.24) is 5.16 Å². The van der Waals surface area contributed by atoms with Crippen molar-refractivity contribution in [1.29, 1.82) is 0 Å². The fourth-order valence-corrected chi connectivity index (χ4v) is 2.24. The number of aromatic nitrogens is 1. The van der Waals surface area contributed by atoms with Gasteiger partial charge in [0.25, 0.3) is 0 Å². The minimum Gasteiger partial charge on any atom is -0.483 e. The molecule has 1 unspecified atom stereocenters. The van der Waals surface area contributed by atoms with Gasteiger partial charge in [-0.2, -0.15) is 0 Å². The standard InChI is InChI=1S/C20H21NO3/c1-14(2)19-13-20(24-21-19)15(3)22-17-9-11-18(12-10-17)23-16-7-5-4-6-8-16/h4-15H,1-3H3. The highest BCUT2D eigenvalue weighted by Crippen LogP contribution is 2.27. The topological polar surface area (TPSA) is 44.5 Å². The number of ether oxygens (including phenoxy) is 2. The van der Waals surface area contributed by atoms with Crippen LogP contribution in [0.2, 0.25) is 0 Å². The summed E-state index contributed by atoms with van der Waals surface area (Å²) in [7, 11) is 0. The molecule has 0 saturated heterocycles. The van der Waals surface area contributed by atoms with Gasteiger partial charge >= 0.3 is 0 Å². The molecule has 24 heavy (non-hydrogen) atoms. The molecular formula is C20H21NO3. The Hall–Kier alpha value is -2.75. The molecule has 0 saturated carbocycles. The Morgan fingerprint density at radius 3 is 2.08 bits per heavy atom. The van der Waals surface area contributed by atoms with Crippen molar-refractivity contribution >= 4 is 0 Å². The van der Waals surface area contributed by atoms with E-state index in [2.05, 4.69) is 19.0 Å². The summed E-state index contributed by atoms with van der Waals surface area (Å²) in [6.07, 6.45) is -0.203. The lowest BCUT2D eigenvalue weighted by Crippen LogP contribution is -2.01. The van der Waals surface area contributed by atoms with Gasteiger partial charge in [-0.25, -0.2) is 0 Å². The molecule has 0 aliphatic heterocycles. The van der Waals surface area contributed by atoms with E-state index in [0.717, 1.165) is 28.7 Å². The quantitative estimate of drug-likeness (QED) is 0.581. The molecule has 0 amide bonds. The van der Waals surface area contributed by atoms with E-state index in [1.165, 1.54) is 0 Å². The molecule has 1 aromatic heterocycles. The van der Waals surface area contributed by atoms with Gasteiger partial charge < -0.3 is 14.0 Å². The predicted octanol–water partition coefficient (Wildman–Crippen LogP) is 5.73. The van der Waals surface area contributed by atoms with Crippen LogP contribution in [-0.4, -0.2) is 5.16 Å². The Bertz CT molecular complexity index is 763. The lowest BCUT2D eigenvalue weighted by Gasteiger charge is -2.12. The monoisotopic (exact) mass is 323 g/mol. The van der Waals surface area contributed by atoms with Crippen molar-refractivity contribution in [3.63, 3.8) is 0 Å². The van der Waals surface area contributed by atoms with Crippen LogP contribution in [0.15, 0.2) is 65.2 Å². The van der Waals surface area contributed by atoms with Crippen molar-refractivity contribution in [2.45, 2.75) is 32.8 Å². The second kappa shape index (κ2) is 7.21. The average molecular weight is 323 g/mol. The lowest BCUT2D eigenvalue weighted by atomic mass is 10.1. The van der Waals surface area contributed by atoms with Crippen molar-refractivity contribution in [3.05, 3.63) is 72.1 Å². The highest BCUT2D eigenvalue weighted by Gasteiger charge is 2.15. The number of hydrogen-bond acceptors (Lipinski definition) is 4. The molecule has 0 spiro atoms. The van der Waals surface area contributed by atoms with E-state index in [-0.39, 0.29) is 6.10 Å². The van der Waals surface area contributed by atoms with Gasteiger partial charge in [-0.1, -0.05) is 37.2 Å². The SMILES string of the molecule is CC(C)c1cc(C(C)Oc2ccc(Oc3ccccc3)cc2)on1. The van der Waals surface area contributed by atoms with Gasteiger partial charge in [0.2, 0.25) is 0 Å². The second-order valence-electron chi connectivity index (χ2n) is 5.96. The van der Waals surface area contributed by atoms with E-state index in [9.17, 15) is 0 Å². The number of nitrogens with zero attached hydrogens (tertiary/aromatic N) is 1. The zero-order valence-corrected chi connectivity index (χ0v) is 14.1. The molecule has 0 radical (unpaired) electrons. The van der Waals surface area contributed by atoms with Crippen LogP contribution in [0.1, 0.15) is 44.2 Å². The van der Waals surface area contributed by atoms with Crippen LogP contribution in [0.25, 0.3) is 0 Å². The summed E-state index contributed by atoms with van der Waals surface area (Å²) in [5, 5.41) is 4.06. The summed E-state index contributed by atoms with van der Waals surface area (Å²) in [6, 6.07) is 19.2. The van der Waals surface area contributed by atoms with E-state index in [4.69, 9.17) is 14.0 Å². The van der Waals surface area contributed by atoms with Gasteiger partial charge in [0, 0.05) is 6.07 Å². The molecule has 0 fully saturated rings. The van der Waals surface area contributed by atoms with Crippen LogP contribution < -0.4 is 9.47 Å². The van der Waals surface area contributed by atoms with Crippen LogP contribution >= 0.6 is 0 Å². The Kier molecular flexibility index (Phi) is 4.85. The molecule has 2 aromatic carbocycles. The highest BCUT2D eigenvalue weighted by atomic mass is 16.5. The van der Waals surface area contributed by atoms with Crippen molar-refractivity contribution in [3.8, 4) is 17.2 Å². The van der Waals surface area contributed by atoms with Crippen LogP contribution in [0.4, 0.5) is 0 Å². The second-order valence-corrected chi connectivity index (χ2v) is 5.96. The van der Waals surface area contributed by atoms with Crippen molar-refractivity contribution in [2.24, 2.45) is 0 Å². The maximum Gasteiger partial charge on any atom is 0.177 e. The Morgan fingerprint density at radius 1 is 0.833 bits per heavy atom. The molecule has 1 atom stereocenters. The number of para-hydroxylation sites is 1. The summed E-state index contributed by atoms with van der Waals surface area (Å²) in [5.41, 5.74) is 0.937. The maximum absolute atomic E-state index is 5.91. The zero-order valence-electron chi connectivity index (χ0n) is 14.1. The average Bonchev–Trinajstić information content (AvgIpc) is 3.08. The smallest absolute Gasteiger partial charge is 0.177 e. The largest absolute Gasteiger partial charge is 0.483 e. The number of hydrogen-bond donors (Lipinski definition) is 0. The Labute approximate surface area is 142 Å². The lowest BCUT2D eigenvalue weighted by molar-refractivity contribution is 0.181. The number of rotatable bonds is 6. The molecular weight excluding hydrogens is 302 g/mol. The summed E-state index contributed by atoms with van der Waals surface area (Å²) >= 11 is 0. The summed E-state index contributed by atoms with van der Waals surface area (Å²) < 4.78 is 17.0. The first-order valence-corrected chi connectivity index (χ1v) is 8.08. The van der Waals surface area contributed by atoms with Gasteiger partial charge in [-0.3, -0.25) is 0 Å². The Morgan fingerprint density at radius 2 is 1.46 bits per heavy atom. The van der Waals surface area contributed by atoms with E-state index < -0.39 is 0 Å². The fraction of sp³-hybridized carbons (Fsp3) is 0.250. The molecule has 3 aromatic rings. The first-order chi connectivity index (χ1) is 11.6. The molecule has 1 heterocycles. The van der Waals surface area contributed by atoms with E-state index >= 15 is 0 Å². The zero-order chi connectivity index (χ0) is 16.9. The summed E-state index contributed by atoms with van der Waals surface area (Å²) in [6.45, 7) is 6.11.